The van der Waals surface area contributed by atoms with Gasteiger partial charge in [-0.15, -0.1) is 0 Å². The first kappa shape index (κ1) is 15.8. The molecule has 0 atom stereocenters. The average Bonchev–Trinajstić information content (AvgIpc) is 2.77. The van der Waals surface area contributed by atoms with Crippen molar-refractivity contribution in [2.24, 2.45) is 0 Å². The van der Waals surface area contributed by atoms with E-state index in [9.17, 15) is 9.59 Å². The third-order valence-corrected chi connectivity index (χ3v) is 4.35. The molecule has 0 saturated heterocycles. The van der Waals surface area contributed by atoms with Gasteiger partial charge in [0.1, 0.15) is 0 Å². The van der Waals surface area contributed by atoms with E-state index >= 15 is 0 Å². The number of halogens is 2. The van der Waals surface area contributed by atoms with Gasteiger partial charge in [-0.05, 0) is 35.4 Å². The van der Waals surface area contributed by atoms with E-state index in [0.29, 0.717) is 22.2 Å². The number of anilines is 2. The van der Waals surface area contributed by atoms with E-state index in [0.717, 1.165) is 16.8 Å². The molecule has 23 heavy (non-hydrogen) atoms. The van der Waals surface area contributed by atoms with Crippen molar-refractivity contribution in [3.8, 4) is 0 Å². The van der Waals surface area contributed by atoms with Gasteiger partial charge in [0.05, 0.1) is 23.6 Å². The van der Waals surface area contributed by atoms with Crippen LogP contribution < -0.4 is 10.2 Å². The highest BCUT2D eigenvalue weighted by molar-refractivity contribution is 6.35. The molecule has 3 rings (SSSR count). The number of hydrogen-bond donors (Lipinski definition) is 1. The Balaban J connectivity index is 1.73. The molecule has 0 saturated carbocycles. The van der Waals surface area contributed by atoms with Crippen molar-refractivity contribution in [1.82, 2.24) is 0 Å². The summed E-state index contributed by atoms with van der Waals surface area (Å²) in [4.78, 5) is 25.5. The van der Waals surface area contributed by atoms with Gasteiger partial charge in [0.2, 0.25) is 11.8 Å². The molecular formula is C17H14Cl2N2O2. The van der Waals surface area contributed by atoms with Crippen LogP contribution in [0.5, 0.6) is 0 Å². The van der Waals surface area contributed by atoms with Crippen LogP contribution in [0.15, 0.2) is 36.4 Å². The lowest BCUT2D eigenvalue weighted by atomic mass is 10.1. The summed E-state index contributed by atoms with van der Waals surface area (Å²) < 4.78 is 0. The first-order chi connectivity index (χ1) is 10.9. The summed E-state index contributed by atoms with van der Waals surface area (Å²) in [6, 6.07) is 10.5. The van der Waals surface area contributed by atoms with Gasteiger partial charge >= 0.3 is 0 Å². The topological polar surface area (TPSA) is 49.4 Å². The van der Waals surface area contributed by atoms with Crippen molar-refractivity contribution < 1.29 is 9.59 Å². The summed E-state index contributed by atoms with van der Waals surface area (Å²) in [7, 11) is 1.75. The zero-order valence-electron chi connectivity index (χ0n) is 12.4. The van der Waals surface area contributed by atoms with E-state index < -0.39 is 0 Å². The minimum absolute atomic E-state index is 0.0623. The molecule has 1 N–H and O–H groups in total. The van der Waals surface area contributed by atoms with E-state index in [-0.39, 0.29) is 18.2 Å². The van der Waals surface area contributed by atoms with Crippen LogP contribution in [0.2, 0.25) is 10.0 Å². The van der Waals surface area contributed by atoms with Crippen molar-refractivity contribution in [2.45, 2.75) is 12.8 Å². The molecule has 0 radical (unpaired) electrons. The number of likely N-dealkylation sites (N-methyl/N-ethyl adjacent to an activating group) is 1. The van der Waals surface area contributed by atoms with Crippen LogP contribution in [-0.2, 0) is 22.4 Å². The Hall–Kier alpha value is -2.04. The lowest BCUT2D eigenvalue weighted by Gasteiger charge is -2.11. The summed E-state index contributed by atoms with van der Waals surface area (Å²) in [5, 5.41) is 3.69. The smallest absolute Gasteiger partial charge is 0.231 e. The van der Waals surface area contributed by atoms with Crippen LogP contribution >= 0.6 is 23.2 Å². The van der Waals surface area contributed by atoms with Gasteiger partial charge in [-0.2, -0.15) is 0 Å². The maximum atomic E-state index is 12.2. The molecule has 4 nitrogen and oxygen atoms in total. The number of benzene rings is 2. The molecule has 0 bridgehead atoms. The van der Waals surface area contributed by atoms with Crippen LogP contribution in [-0.4, -0.2) is 18.9 Å². The molecule has 2 amide bonds. The van der Waals surface area contributed by atoms with Crippen LogP contribution in [0.1, 0.15) is 11.1 Å². The van der Waals surface area contributed by atoms with Crippen molar-refractivity contribution >= 4 is 46.4 Å². The Morgan fingerprint density at radius 1 is 1.22 bits per heavy atom. The predicted molar refractivity (Wildman–Crippen MR) is 92.4 cm³/mol. The number of nitrogens with one attached hydrogen (secondary N) is 1. The second kappa shape index (κ2) is 6.22. The third-order valence-electron chi connectivity index (χ3n) is 3.79. The van der Waals surface area contributed by atoms with E-state index in [4.69, 9.17) is 23.2 Å². The second-order valence-electron chi connectivity index (χ2n) is 5.44. The largest absolute Gasteiger partial charge is 0.324 e. The van der Waals surface area contributed by atoms with Gasteiger partial charge in [0.25, 0.3) is 0 Å². The molecule has 0 aromatic heterocycles. The molecule has 0 unspecified atom stereocenters. The van der Waals surface area contributed by atoms with E-state index in [2.05, 4.69) is 5.32 Å². The fourth-order valence-electron chi connectivity index (χ4n) is 2.61. The quantitative estimate of drug-likeness (QED) is 0.919. The summed E-state index contributed by atoms with van der Waals surface area (Å²) in [6.07, 6.45) is 0.579. The number of nitrogens with zero attached hydrogens (tertiary/aromatic N) is 1. The van der Waals surface area contributed by atoms with Crippen LogP contribution in [0.4, 0.5) is 11.4 Å². The number of fused-ring (bicyclic) bond motifs is 1. The zero-order chi connectivity index (χ0) is 16.6. The molecule has 2 aromatic carbocycles. The van der Waals surface area contributed by atoms with Crippen LogP contribution in [0.25, 0.3) is 0 Å². The summed E-state index contributed by atoms with van der Waals surface area (Å²) >= 11 is 11.9. The first-order valence-corrected chi connectivity index (χ1v) is 7.83. The lowest BCUT2D eigenvalue weighted by Crippen LogP contribution is -2.20. The highest BCUT2D eigenvalue weighted by Crippen LogP contribution is 2.29. The summed E-state index contributed by atoms with van der Waals surface area (Å²) in [6.45, 7) is 0. The third kappa shape index (κ3) is 3.33. The molecule has 1 heterocycles. The van der Waals surface area contributed by atoms with E-state index in [1.807, 2.05) is 18.2 Å². The number of hydrogen-bond acceptors (Lipinski definition) is 2. The van der Waals surface area contributed by atoms with Gasteiger partial charge in [0.15, 0.2) is 0 Å². The Bertz CT molecular complexity index is 805. The average molecular weight is 349 g/mol. The standard InChI is InChI=1S/C17H14Cl2N2O2/c1-21-15-5-2-10(6-11(15)8-17(21)23)7-16(22)20-14-9-12(18)3-4-13(14)19/h2-6,9H,7-8H2,1H3,(H,20,22). The zero-order valence-corrected chi connectivity index (χ0v) is 13.9. The molecule has 0 spiro atoms. The highest BCUT2D eigenvalue weighted by Gasteiger charge is 2.24. The predicted octanol–water partition coefficient (Wildman–Crippen LogP) is 3.69. The van der Waals surface area contributed by atoms with E-state index in [1.54, 1.807) is 30.1 Å². The Labute approximate surface area is 144 Å². The van der Waals surface area contributed by atoms with Crippen LogP contribution in [0.3, 0.4) is 0 Å². The molecule has 2 aromatic rings. The molecule has 118 valence electrons. The van der Waals surface area contributed by atoms with Crippen molar-refractivity contribution in [2.75, 3.05) is 17.3 Å². The van der Waals surface area contributed by atoms with Gasteiger partial charge < -0.3 is 10.2 Å². The molecule has 1 aliphatic rings. The van der Waals surface area contributed by atoms with Crippen molar-refractivity contribution in [3.05, 3.63) is 57.6 Å². The lowest BCUT2D eigenvalue weighted by molar-refractivity contribution is -0.117. The maximum Gasteiger partial charge on any atom is 0.231 e. The number of carbonyl (C=O) groups excluding carboxylic acids is 2. The normalized spacial score (nSPS) is 13.2. The SMILES string of the molecule is CN1C(=O)Cc2cc(CC(=O)Nc3cc(Cl)ccc3Cl)ccc21. The Morgan fingerprint density at radius 2 is 2.00 bits per heavy atom. The van der Waals surface area contributed by atoms with Gasteiger partial charge in [0, 0.05) is 17.8 Å². The van der Waals surface area contributed by atoms with Gasteiger partial charge in [-0.1, -0.05) is 35.3 Å². The fraction of sp³-hybridized carbons (Fsp3) is 0.176. The molecule has 0 aliphatic carbocycles. The summed E-state index contributed by atoms with van der Waals surface area (Å²) in [5.74, 6) is -0.126. The monoisotopic (exact) mass is 348 g/mol. The van der Waals surface area contributed by atoms with Crippen molar-refractivity contribution in [1.29, 1.82) is 0 Å². The van der Waals surface area contributed by atoms with Gasteiger partial charge in [-0.25, -0.2) is 0 Å². The number of amides is 2. The van der Waals surface area contributed by atoms with Gasteiger partial charge in [-0.3, -0.25) is 9.59 Å². The van der Waals surface area contributed by atoms with Crippen molar-refractivity contribution in [3.63, 3.8) is 0 Å². The maximum absolute atomic E-state index is 12.2. The molecular weight excluding hydrogens is 335 g/mol. The highest BCUT2D eigenvalue weighted by atomic mass is 35.5. The minimum atomic E-state index is -0.188. The summed E-state index contributed by atoms with van der Waals surface area (Å²) in [5.41, 5.74) is 3.18. The first-order valence-electron chi connectivity index (χ1n) is 7.07. The fourth-order valence-corrected chi connectivity index (χ4v) is 2.94. The Kier molecular flexibility index (Phi) is 4.28. The Morgan fingerprint density at radius 3 is 2.78 bits per heavy atom. The van der Waals surface area contributed by atoms with E-state index in [1.165, 1.54) is 0 Å². The second-order valence-corrected chi connectivity index (χ2v) is 6.29. The minimum Gasteiger partial charge on any atom is -0.324 e. The molecule has 0 fully saturated rings. The molecule has 6 heteroatoms. The molecule has 1 aliphatic heterocycles. The van der Waals surface area contributed by atoms with Crippen LogP contribution in [0, 0.1) is 0 Å². The number of rotatable bonds is 3. The number of carbonyl (C=O) groups is 2.